The van der Waals surface area contributed by atoms with Crippen molar-refractivity contribution in [1.29, 1.82) is 0 Å². The van der Waals surface area contributed by atoms with Crippen LogP contribution in [0.4, 0.5) is 0 Å². The maximum absolute atomic E-state index is 12.2. The molecular formula is C41H50O8. The van der Waals surface area contributed by atoms with Gasteiger partial charge in [-0.25, -0.2) is 0 Å². The second-order valence-electron chi connectivity index (χ2n) is 12.0. The highest BCUT2D eigenvalue weighted by atomic mass is 16.5. The molecule has 0 aromatic heterocycles. The molecule has 0 fully saturated rings. The van der Waals surface area contributed by atoms with Crippen molar-refractivity contribution in [2.24, 2.45) is 0 Å². The molecular weight excluding hydrogens is 620 g/mol. The SMILES string of the molecule is CCOC(=O)CC(c1ccc(C)c(OC)c1)c1cc(C)c(C)c(OC)c1.COc1ccc(C(CC(=O)O)c2cc(C)c(C)c(OC)c2)cc1. The molecule has 8 heteroatoms. The molecule has 0 heterocycles. The average Bonchev–Trinajstić information content (AvgIpc) is 3.09. The summed E-state index contributed by atoms with van der Waals surface area (Å²) in [5, 5.41) is 9.30. The van der Waals surface area contributed by atoms with Gasteiger partial charge in [0.2, 0.25) is 0 Å². The van der Waals surface area contributed by atoms with E-state index in [1.54, 1.807) is 28.4 Å². The van der Waals surface area contributed by atoms with Crippen LogP contribution in [0.25, 0.3) is 0 Å². The molecule has 0 amide bonds. The van der Waals surface area contributed by atoms with Gasteiger partial charge in [-0.2, -0.15) is 0 Å². The molecule has 0 aliphatic carbocycles. The van der Waals surface area contributed by atoms with Crippen LogP contribution in [0, 0.1) is 34.6 Å². The lowest BCUT2D eigenvalue weighted by atomic mass is 9.86. The smallest absolute Gasteiger partial charge is 0.306 e. The van der Waals surface area contributed by atoms with Gasteiger partial charge in [0.15, 0.2) is 0 Å². The molecule has 0 saturated heterocycles. The van der Waals surface area contributed by atoms with E-state index in [4.69, 9.17) is 23.7 Å². The fourth-order valence-corrected chi connectivity index (χ4v) is 5.84. The van der Waals surface area contributed by atoms with Crippen LogP contribution in [0.15, 0.2) is 66.7 Å². The van der Waals surface area contributed by atoms with Crippen LogP contribution in [-0.4, -0.2) is 52.1 Å². The molecule has 0 radical (unpaired) electrons. The van der Waals surface area contributed by atoms with E-state index in [-0.39, 0.29) is 30.6 Å². The summed E-state index contributed by atoms with van der Waals surface area (Å²) >= 11 is 0. The predicted octanol–water partition coefficient (Wildman–Crippen LogP) is 8.64. The van der Waals surface area contributed by atoms with Crippen molar-refractivity contribution in [3.8, 4) is 23.0 Å². The van der Waals surface area contributed by atoms with Crippen molar-refractivity contribution in [3.05, 3.63) is 117 Å². The largest absolute Gasteiger partial charge is 0.497 e. The molecule has 4 aromatic carbocycles. The molecule has 1 N–H and O–H groups in total. The first kappa shape index (κ1) is 38.5. The Morgan fingerprint density at radius 1 is 0.571 bits per heavy atom. The zero-order valence-corrected chi connectivity index (χ0v) is 30.4. The van der Waals surface area contributed by atoms with Gasteiger partial charge >= 0.3 is 11.9 Å². The van der Waals surface area contributed by atoms with Crippen molar-refractivity contribution in [3.63, 3.8) is 0 Å². The van der Waals surface area contributed by atoms with Crippen LogP contribution >= 0.6 is 0 Å². The van der Waals surface area contributed by atoms with E-state index >= 15 is 0 Å². The normalized spacial score (nSPS) is 11.8. The summed E-state index contributed by atoms with van der Waals surface area (Å²) in [4.78, 5) is 23.6. The van der Waals surface area contributed by atoms with Crippen LogP contribution in [-0.2, 0) is 14.3 Å². The molecule has 4 aromatic rings. The summed E-state index contributed by atoms with van der Waals surface area (Å²) in [6.45, 7) is 12.3. The van der Waals surface area contributed by atoms with Gasteiger partial charge in [-0.05, 0) is 122 Å². The number of aliphatic carboxylic acids is 1. The quantitative estimate of drug-likeness (QED) is 0.141. The minimum atomic E-state index is -0.831. The van der Waals surface area contributed by atoms with Gasteiger partial charge in [0.25, 0.3) is 0 Å². The Morgan fingerprint density at radius 2 is 1.04 bits per heavy atom. The topological polar surface area (TPSA) is 101 Å². The second kappa shape index (κ2) is 18.0. The van der Waals surface area contributed by atoms with Gasteiger partial charge in [-0.1, -0.05) is 36.4 Å². The zero-order valence-electron chi connectivity index (χ0n) is 30.4. The maximum atomic E-state index is 12.2. The Kier molecular flexibility index (Phi) is 14.1. The number of carboxylic acids is 1. The van der Waals surface area contributed by atoms with Gasteiger partial charge in [0.05, 0.1) is 47.9 Å². The molecule has 0 saturated carbocycles. The molecule has 0 bridgehead atoms. The summed E-state index contributed by atoms with van der Waals surface area (Å²) in [6.07, 6.45) is 0.295. The van der Waals surface area contributed by atoms with E-state index in [9.17, 15) is 14.7 Å². The third-order valence-electron chi connectivity index (χ3n) is 8.94. The number of carbonyl (C=O) groups is 2. The summed E-state index contributed by atoms with van der Waals surface area (Å²) in [5.74, 6) is 1.77. The summed E-state index contributed by atoms with van der Waals surface area (Å²) in [5.41, 5.74) is 9.39. The fourth-order valence-electron chi connectivity index (χ4n) is 5.84. The number of methoxy groups -OCH3 is 4. The predicted molar refractivity (Wildman–Crippen MR) is 193 cm³/mol. The van der Waals surface area contributed by atoms with Gasteiger partial charge < -0.3 is 28.8 Å². The Bertz CT molecular complexity index is 1720. The molecule has 2 unspecified atom stereocenters. The van der Waals surface area contributed by atoms with Crippen molar-refractivity contribution in [1.82, 2.24) is 0 Å². The number of hydrogen-bond donors (Lipinski definition) is 1. The minimum Gasteiger partial charge on any atom is -0.497 e. The van der Waals surface area contributed by atoms with E-state index in [0.29, 0.717) is 6.61 Å². The van der Waals surface area contributed by atoms with Gasteiger partial charge in [0, 0.05) is 11.8 Å². The Hall–Kier alpha value is -4.98. The number of aryl methyl sites for hydroxylation is 3. The van der Waals surface area contributed by atoms with E-state index in [0.717, 1.165) is 73.1 Å². The zero-order chi connectivity index (χ0) is 36.2. The summed E-state index contributed by atoms with van der Waals surface area (Å²) < 4.78 is 26.8. The molecule has 2 atom stereocenters. The first-order valence-electron chi connectivity index (χ1n) is 16.3. The van der Waals surface area contributed by atoms with Crippen LogP contribution in [0.2, 0.25) is 0 Å². The summed E-state index contributed by atoms with van der Waals surface area (Å²) in [7, 11) is 6.56. The lowest BCUT2D eigenvalue weighted by molar-refractivity contribution is -0.143. The Morgan fingerprint density at radius 3 is 1.49 bits per heavy atom. The number of carboxylic acid groups (broad SMARTS) is 1. The molecule has 49 heavy (non-hydrogen) atoms. The first-order valence-corrected chi connectivity index (χ1v) is 16.3. The van der Waals surface area contributed by atoms with Crippen molar-refractivity contribution in [2.45, 2.75) is 66.2 Å². The maximum Gasteiger partial charge on any atom is 0.306 e. The highest BCUT2D eigenvalue weighted by molar-refractivity contribution is 5.72. The number of carbonyl (C=O) groups excluding carboxylic acids is 1. The Labute approximate surface area is 290 Å². The molecule has 0 aliphatic rings. The Balaban J connectivity index is 0.000000267. The molecule has 0 aliphatic heterocycles. The monoisotopic (exact) mass is 670 g/mol. The van der Waals surface area contributed by atoms with E-state index in [2.05, 4.69) is 13.0 Å². The standard InChI is InChI=1S/C22H28O4.C19H22O4/c1-7-26-22(23)13-19(17-9-8-14(2)20(11-17)24-5)18-10-15(3)16(4)21(12-18)25-6;1-12-9-15(10-18(23-4)13(12)2)17(11-19(20)21)14-5-7-16(22-3)8-6-14/h8-12,19H,7,13H2,1-6H3;5-10,17H,11H2,1-4H3,(H,20,21). The average molecular weight is 671 g/mol. The molecule has 262 valence electrons. The number of esters is 1. The van der Waals surface area contributed by atoms with E-state index < -0.39 is 5.97 Å². The van der Waals surface area contributed by atoms with Crippen molar-refractivity contribution >= 4 is 11.9 Å². The molecule has 4 rings (SSSR count). The minimum absolute atomic E-state index is 0.0258. The van der Waals surface area contributed by atoms with Gasteiger partial charge in [0.1, 0.15) is 23.0 Å². The highest BCUT2D eigenvalue weighted by Crippen LogP contribution is 2.36. The lowest BCUT2D eigenvalue weighted by Crippen LogP contribution is -2.12. The molecule has 0 spiro atoms. The van der Waals surface area contributed by atoms with E-state index in [1.165, 1.54) is 0 Å². The van der Waals surface area contributed by atoms with Crippen LogP contribution in [0.5, 0.6) is 23.0 Å². The van der Waals surface area contributed by atoms with E-state index in [1.807, 2.05) is 95.3 Å². The second-order valence-corrected chi connectivity index (χ2v) is 12.0. The highest BCUT2D eigenvalue weighted by Gasteiger charge is 2.23. The number of hydrogen-bond acceptors (Lipinski definition) is 7. The van der Waals surface area contributed by atoms with Gasteiger partial charge in [-0.3, -0.25) is 9.59 Å². The van der Waals surface area contributed by atoms with Crippen molar-refractivity contribution < 1.29 is 38.4 Å². The van der Waals surface area contributed by atoms with Crippen LogP contribution in [0.3, 0.4) is 0 Å². The first-order chi connectivity index (χ1) is 23.4. The molecule has 8 nitrogen and oxygen atoms in total. The van der Waals surface area contributed by atoms with Crippen LogP contribution < -0.4 is 18.9 Å². The third kappa shape index (κ3) is 10.0. The lowest BCUT2D eigenvalue weighted by Gasteiger charge is -2.21. The van der Waals surface area contributed by atoms with Gasteiger partial charge in [-0.15, -0.1) is 0 Å². The number of rotatable bonds is 13. The number of ether oxygens (including phenoxy) is 5. The van der Waals surface area contributed by atoms with Crippen LogP contribution in [0.1, 0.15) is 81.7 Å². The third-order valence-corrected chi connectivity index (χ3v) is 8.94. The summed E-state index contributed by atoms with van der Waals surface area (Å²) in [6, 6.07) is 21.7. The van der Waals surface area contributed by atoms with Crippen molar-refractivity contribution in [2.75, 3.05) is 35.0 Å². The number of benzene rings is 4. The fraction of sp³-hybridized carbons (Fsp3) is 0.366.